The van der Waals surface area contributed by atoms with E-state index >= 15 is 0 Å². The van der Waals surface area contributed by atoms with Gasteiger partial charge in [0.2, 0.25) is 0 Å². The SMILES string of the molecule is CCCC1(C(=O)O)CCN(C(C)c2ccc(Cl)cc2Cl)C1. The van der Waals surface area contributed by atoms with Crippen LogP contribution in [0.25, 0.3) is 0 Å². The van der Waals surface area contributed by atoms with Crippen molar-refractivity contribution in [1.82, 2.24) is 4.90 Å². The van der Waals surface area contributed by atoms with Crippen LogP contribution < -0.4 is 0 Å². The van der Waals surface area contributed by atoms with Crippen LogP contribution in [0.1, 0.15) is 44.7 Å². The van der Waals surface area contributed by atoms with Gasteiger partial charge in [0.15, 0.2) is 0 Å². The highest BCUT2D eigenvalue weighted by molar-refractivity contribution is 6.35. The Hall–Kier alpha value is -0.770. The maximum atomic E-state index is 11.7. The third-order valence-corrected chi connectivity index (χ3v) is 5.09. The highest BCUT2D eigenvalue weighted by Crippen LogP contribution is 2.40. The summed E-state index contributed by atoms with van der Waals surface area (Å²) in [6, 6.07) is 5.58. The van der Waals surface area contributed by atoms with Crippen molar-refractivity contribution in [1.29, 1.82) is 0 Å². The van der Waals surface area contributed by atoms with Crippen molar-refractivity contribution >= 4 is 29.2 Å². The molecular formula is C16H21Cl2NO2. The first kappa shape index (κ1) is 16.6. The Labute approximate surface area is 135 Å². The van der Waals surface area contributed by atoms with E-state index in [4.69, 9.17) is 23.2 Å². The van der Waals surface area contributed by atoms with Gasteiger partial charge in [0.05, 0.1) is 5.41 Å². The fourth-order valence-corrected chi connectivity index (χ4v) is 3.80. The number of hydrogen-bond donors (Lipinski definition) is 1. The largest absolute Gasteiger partial charge is 0.481 e. The number of carboxylic acid groups (broad SMARTS) is 1. The number of carbonyl (C=O) groups is 1. The molecule has 1 N–H and O–H groups in total. The number of halogens is 2. The Kier molecular flexibility index (Phi) is 5.18. The number of carboxylic acids is 1. The molecule has 116 valence electrons. The zero-order valence-electron chi connectivity index (χ0n) is 12.4. The Morgan fingerprint density at radius 3 is 2.76 bits per heavy atom. The van der Waals surface area contributed by atoms with Crippen LogP contribution in [0.2, 0.25) is 10.0 Å². The molecule has 1 heterocycles. The number of rotatable bonds is 5. The van der Waals surface area contributed by atoms with Crippen molar-refractivity contribution in [2.75, 3.05) is 13.1 Å². The summed E-state index contributed by atoms with van der Waals surface area (Å²) >= 11 is 12.2. The zero-order valence-corrected chi connectivity index (χ0v) is 13.9. The van der Waals surface area contributed by atoms with Gasteiger partial charge in [-0.25, -0.2) is 0 Å². The molecular weight excluding hydrogens is 309 g/mol. The maximum absolute atomic E-state index is 11.7. The minimum atomic E-state index is -0.679. The summed E-state index contributed by atoms with van der Waals surface area (Å²) in [7, 11) is 0. The molecule has 3 nitrogen and oxygen atoms in total. The molecule has 0 saturated carbocycles. The first-order valence-corrected chi connectivity index (χ1v) is 8.07. The summed E-state index contributed by atoms with van der Waals surface area (Å²) in [5, 5.41) is 10.8. The first-order valence-electron chi connectivity index (χ1n) is 7.32. The van der Waals surface area contributed by atoms with E-state index in [0.29, 0.717) is 23.0 Å². The van der Waals surface area contributed by atoms with E-state index in [1.807, 2.05) is 19.1 Å². The fourth-order valence-electron chi connectivity index (χ4n) is 3.24. The molecule has 2 atom stereocenters. The maximum Gasteiger partial charge on any atom is 0.310 e. The molecule has 2 unspecified atom stereocenters. The quantitative estimate of drug-likeness (QED) is 0.856. The lowest BCUT2D eigenvalue weighted by molar-refractivity contribution is -0.148. The molecule has 21 heavy (non-hydrogen) atoms. The molecule has 0 aromatic heterocycles. The second-order valence-electron chi connectivity index (χ2n) is 5.90. The average molecular weight is 330 g/mol. The van der Waals surface area contributed by atoms with Crippen LogP contribution in [0, 0.1) is 5.41 Å². The number of benzene rings is 1. The van der Waals surface area contributed by atoms with Gasteiger partial charge in [0, 0.05) is 22.6 Å². The monoisotopic (exact) mass is 329 g/mol. The lowest BCUT2D eigenvalue weighted by Gasteiger charge is -2.28. The van der Waals surface area contributed by atoms with Crippen LogP contribution in [-0.4, -0.2) is 29.1 Å². The van der Waals surface area contributed by atoms with Gasteiger partial charge in [-0.05, 0) is 44.0 Å². The zero-order chi connectivity index (χ0) is 15.6. The Bertz CT molecular complexity index is 535. The molecule has 1 fully saturated rings. The van der Waals surface area contributed by atoms with Crippen molar-refractivity contribution in [3.8, 4) is 0 Å². The lowest BCUT2D eigenvalue weighted by Crippen LogP contribution is -2.35. The number of likely N-dealkylation sites (tertiary alicyclic amines) is 1. The molecule has 1 aromatic carbocycles. The van der Waals surface area contributed by atoms with E-state index < -0.39 is 11.4 Å². The van der Waals surface area contributed by atoms with E-state index in [0.717, 1.165) is 24.9 Å². The minimum Gasteiger partial charge on any atom is -0.481 e. The summed E-state index contributed by atoms with van der Waals surface area (Å²) < 4.78 is 0. The second-order valence-corrected chi connectivity index (χ2v) is 6.74. The lowest BCUT2D eigenvalue weighted by atomic mass is 9.82. The fraction of sp³-hybridized carbons (Fsp3) is 0.562. The second kappa shape index (κ2) is 6.55. The van der Waals surface area contributed by atoms with Gasteiger partial charge >= 0.3 is 5.97 Å². The molecule has 0 radical (unpaired) electrons. The smallest absolute Gasteiger partial charge is 0.310 e. The Morgan fingerprint density at radius 2 is 2.19 bits per heavy atom. The standard InChI is InChI=1S/C16H21Cl2NO2/c1-3-6-16(15(20)21)7-8-19(10-16)11(2)13-5-4-12(17)9-14(13)18/h4-5,9,11H,3,6-8,10H2,1-2H3,(H,20,21). The Balaban J connectivity index is 2.18. The van der Waals surface area contributed by atoms with Gasteiger partial charge < -0.3 is 5.11 Å². The molecule has 0 spiro atoms. The molecule has 5 heteroatoms. The first-order chi connectivity index (χ1) is 9.89. The number of nitrogens with zero attached hydrogens (tertiary/aromatic N) is 1. The summed E-state index contributed by atoms with van der Waals surface area (Å²) in [6.07, 6.45) is 2.31. The van der Waals surface area contributed by atoms with Crippen molar-refractivity contribution in [3.63, 3.8) is 0 Å². The third-order valence-electron chi connectivity index (χ3n) is 4.53. The molecule has 0 amide bonds. The minimum absolute atomic E-state index is 0.0906. The van der Waals surface area contributed by atoms with Gasteiger partial charge in [-0.1, -0.05) is 42.6 Å². The molecule has 0 bridgehead atoms. The van der Waals surface area contributed by atoms with Crippen LogP contribution >= 0.6 is 23.2 Å². The highest BCUT2D eigenvalue weighted by atomic mass is 35.5. The van der Waals surface area contributed by atoms with E-state index in [-0.39, 0.29) is 6.04 Å². The molecule has 1 aromatic rings. The normalized spacial score (nSPS) is 24.2. The predicted molar refractivity (Wildman–Crippen MR) is 86.0 cm³/mol. The van der Waals surface area contributed by atoms with E-state index in [9.17, 15) is 9.90 Å². The molecule has 0 aliphatic carbocycles. The third kappa shape index (κ3) is 3.36. The van der Waals surface area contributed by atoms with Gasteiger partial charge in [0.25, 0.3) is 0 Å². The van der Waals surface area contributed by atoms with Gasteiger partial charge in [0.1, 0.15) is 0 Å². The number of hydrogen-bond acceptors (Lipinski definition) is 2. The van der Waals surface area contributed by atoms with Crippen molar-refractivity contribution in [2.45, 2.75) is 39.2 Å². The topological polar surface area (TPSA) is 40.5 Å². The van der Waals surface area contributed by atoms with Crippen molar-refractivity contribution < 1.29 is 9.90 Å². The van der Waals surface area contributed by atoms with Crippen LogP contribution in [0.4, 0.5) is 0 Å². The summed E-state index contributed by atoms with van der Waals surface area (Å²) in [4.78, 5) is 13.9. The summed E-state index contributed by atoms with van der Waals surface area (Å²) in [5.41, 5.74) is 0.390. The molecule has 1 saturated heterocycles. The van der Waals surface area contributed by atoms with Gasteiger partial charge in [-0.3, -0.25) is 9.69 Å². The highest BCUT2D eigenvalue weighted by Gasteiger charge is 2.45. The molecule has 2 rings (SSSR count). The van der Waals surface area contributed by atoms with Crippen LogP contribution in [0.5, 0.6) is 0 Å². The van der Waals surface area contributed by atoms with Gasteiger partial charge in [-0.15, -0.1) is 0 Å². The van der Waals surface area contributed by atoms with Crippen LogP contribution in [0.3, 0.4) is 0 Å². The van der Waals surface area contributed by atoms with Gasteiger partial charge in [-0.2, -0.15) is 0 Å². The Morgan fingerprint density at radius 1 is 1.48 bits per heavy atom. The van der Waals surface area contributed by atoms with E-state index in [2.05, 4.69) is 11.8 Å². The summed E-state index contributed by atoms with van der Waals surface area (Å²) in [5.74, 6) is -0.679. The number of aliphatic carboxylic acids is 1. The van der Waals surface area contributed by atoms with Crippen LogP contribution in [-0.2, 0) is 4.79 Å². The molecule has 1 aliphatic rings. The van der Waals surface area contributed by atoms with E-state index in [1.54, 1.807) is 6.07 Å². The van der Waals surface area contributed by atoms with Crippen molar-refractivity contribution in [2.24, 2.45) is 5.41 Å². The molecule has 1 aliphatic heterocycles. The summed E-state index contributed by atoms with van der Waals surface area (Å²) in [6.45, 7) is 5.47. The predicted octanol–water partition coefficient (Wildman–Crippen LogP) is 4.63. The van der Waals surface area contributed by atoms with E-state index in [1.165, 1.54) is 0 Å². The van der Waals surface area contributed by atoms with Crippen LogP contribution in [0.15, 0.2) is 18.2 Å². The van der Waals surface area contributed by atoms with Crippen molar-refractivity contribution in [3.05, 3.63) is 33.8 Å². The average Bonchev–Trinajstić information content (AvgIpc) is 2.84.